The summed E-state index contributed by atoms with van der Waals surface area (Å²) in [4.78, 5) is 8.70. The second kappa shape index (κ2) is 5.96. The third-order valence-corrected chi connectivity index (χ3v) is 2.81. The molecule has 0 aliphatic heterocycles. The lowest BCUT2D eigenvalue weighted by Gasteiger charge is -2.08. The maximum absolute atomic E-state index is 8.74. The molecule has 0 unspecified atom stereocenters. The quantitative estimate of drug-likeness (QED) is 0.908. The lowest BCUT2D eigenvalue weighted by atomic mass is 10.1. The number of hydrogen-bond acceptors (Lipinski definition) is 4. The van der Waals surface area contributed by atoms with Gasteiger partial charge in [0.2, 0.25) is 0 Å². The Hall–Kier alpha value is -2.41. The van der Waals surface area contributed by atoms with Crippen LogP contribution in [0.15, 0.2) is 30.3 Å². The summed E-state index contributed by atoms with van der Waals surface area (Å²) in [6.07, 6.45) is 0.898. The van der Waals surface area contributed by atoms with Crippen LogP contribution in [0, 0.1) is 18.3 Å². The summed E-state index contributed by atoms with van der Waals surface area (Å²) < 4.78 is 0. The van der Waals surface area contributed by atoms with E-state index in [9.17, 15) is 0 Å². The second-order valence-corrected chi connectivity index (χ2v) is 4.31. The first kappa shape index (κ1) is 13.0. The van der Waals surface area contributed by atoms with E-state index in [1.807, 2.05) is 37.3 Å². The van der Waals surface area contributed by atoms with Crippen LogP contribution in [-0.2, 0) is 13.0 Å². The van der Waals surface area contributed by atoms with Gasteiger partial charge in [-0.15, -0.1) is 0 Å². The van der Waals surface area contributed by atoms with Crippen LogP contribution < -0.4 is 5.32 Å². The minimum absolute atomic E-state index is 0.676. The van der Waals surface area contributed by atoms with Gasteiger partial charge in [0, 0.05) is 18.3 Å². The van der Waals surface area contributed by atoms with Gasteiger partial charge in [0.15, 0.2) is 0 Å². The maximum atomic E-state index is 8.74. The molecular weight excluding hydrogens is 236 g/mol. The highest BCUT2D eigenvalue weighted by atomic mass is 15.0. The van der Waals surface area contributed by atoms with Crippen molar-refractivity contribution in [1.29, 1.82) is 5.26 Å². The van der Waals surface area contributed by atoms with Gasteiger partial charge < -0.3 is 5.32 Å². The molecule has 1 aromatic carbocycles. The molecular formula is C15H16N4. The van der Waals surface area contributed by atoms with E-state index in [0.29, 0.717) is 12.1 Å². The highest BCUT2D eigenvalue weighted by molar-refractivity contribution is 5.38. The number of aromatic nitrogens is 2. The van der Waals surface area contributed by atoms with Crippen LogP contribution in [0.3, 0.4) is 0 Å². The van der Waals surface area contributed by atoms with E-state index in [1.165, 1.54) is 0 Å². The Balaban J connectivity index is 2.05. The van der Waals surface area contributed by atoms with Gasteiger partial charge in [-0.3, -0.25) is 0 Å². The van der Waals surface area contributed by atoms with Gasteiger partial charge in [-0.1, -0.05) is 19.1 Å². The summed E-state index contributed by atoms with van der Waals surface area (Å²) in [5.74, 6) is 1.62. The molecule has 0 atom stereocenters. The lowest BCUT2D eigenvalue weighted by Crippen LogP contribution is -2.04. The highest BCUT2D eigenvalue weighted by Gasteiger charge is 2.00. The Bertz CT molecular complexity index is 597. The first-order valence-electron chi connectivity index (χ1n) is 6.28. The van der Waals surface area contributed by atoms with Crippen molar-refractivity contribution in [3.05, 3.63) is 53.0 Å². The molecule has 1 heterocycles. The molecule has 19 heavy (non-hydrogen) atoms. The molecule has 1 aromatic heterocycles. The van der Waals surface area contributed by atoms with Crippen molar-refractivity contribution in [3.63, 3.8) is 0 Å². The van der Waals surface area contributed by atoms with Crippen LogP contribution in [-0.4, -0.2) is 9.97 Å². The zero-order valence-corrected chi connectivity index (χ0v) is 11.1. The fraction of sp³-hybridized carbons (Fsp3) is 0.267. The number of benzene rings is 1. The molecule has 2 rings (SSSR count). The van der Waals surface area contributed by atoms with Gasteiger partial charge in [-0.05, 0) is 31.0 Å². The minimum Gasteiger partial charge on any atom is -0.366 e. The monoisotopic (exact) mass is 252 g/mol. The molecule has 0 aliphatic rings. The van der Waals surface area contributed by atoms with Gasteiger partial charge in [0.25, 0.3) is 0 Å². The average Bonchev–Trinajstić information content (AvgIpc) is 2.45. The van der Waals surface area contributed by atoms with Crippen molar-refractivity contribution < 1.29 is 0 Å². The zero-order valence-electron chi connectivity index (χ0n) is 11.1. The molecule has 0 saturated heterocycles. The largest absolute Gasteiger partial charge is 0.366 e. The molecule has 0 saturated carbocycles. The molecule has 0 aliphatic carbocycles. The smallest absolute Gasteiger partial charge is 0.130 e. The highest BCUT2D eigenvalue weighted by Crippen LogP contribution is 2.10. The molecule has 1 N–H and O–H groups in total. The number of nitriles is 1. The molecule has 0 bridgehead atoms. The molecule has 96 valence electrons. The van der Waals surface area contributed by atoms with Crippen LogP contribution in [0.1, 0.15) is 29.6 Å². The molecule has 0 spiro atoms. The maximum Gasteiger partial charge on any atom is 0.130 e. The van der Waals surface area contributed by atoms with E-state index < -0.39 is 0 Å². The van der Waals surface area contributed by atoms with Crippen molar-refractivity contribution >= 4 is 5.82 Å². The zero-order chi connectivity index (χ0) is 13.7. The lowest BCUT2D eigenvalue weighted by molar-refractivity contribution is 0.941. The summed E-state index contributed by atoms with van der Waals surface area (Å²) >= 11 is 0. The van der Waals surface area contributed by atoms with Crippen LogP contribution in [0.25, 0.3) is 0 Å². The molecule has 0 radical (unpaired) electrons. The fourth-order valence-corrected chi connectivity index (χ4v) is 1.79. The van der Waals surface area contributed by atoms with Crippen molar-refractivity contribution in [2.24, 2.45) is 0 Å². The molecule has 2 aromatic rings. The normalized spacial score (nSPS) is 9.95. The Labute approximate surface area is 113 Å². The van der Waals surface area contributed by atoms with Gasteiger partial charge >= 0.3 is 0 Å². The summed E-state index contributed by atoms with van der Waals surface area (Å²) in [7, 11) is 0. The van der Waals surface area contributed by atoms with Gasteiger partial charge in [0.1, 0.15) is 11.6 Å². The van der Waals surface area contributed by atoms with E-state index in [4.69, 9.17) is 5.26 Å². The van der Waals surface area contributed by atoms with E-state index >= 15 is 0 Å². The van der Waals surface area contributed by atoms with Crippen LogP contribution in [0.2, 0.25) is 0 Å². The molecule has 0 fully saturated rings. The predicted molar refractivity (Wildman–Crippen MR) is 74.6 cm³/mol. The molecule has 4 heteroatoms. The minimum atomic E-state index is 0.676. The summed E-state index contributed by atoms with van der Waals surface area (Å²) in [6, 6.07) is 11.6. The second-order valence-electron chi connectivity index (χ2n) is 4.31. The van der Waals surface area contributed by atoms with Crippen LogP contribution >= 0.6 is 0 Å². The van der Waals surface area contributed by atoms with Gasteiger partial charge in [-0.2, -0.15) is 5.26 Å². The third-order valence-electron chi connectivity index (χ3n) is 2.81. The summed E-state index contributed by atoms with van der Waals surface area (Å²) in [5.41, 5.74) is 2.83. The third kappa shape index (κ3) is 3.52. The molecule has 4 nitrogen and oxygen atoms in total. The number of nitrogens with one attached hydrogen (secondary N) is 1. The number of rotatable bonds is 4. The molecule has 0 amide bonds. The topological polar surface area (TPSA) is 61.6 Å². The average molecular weight is 252 g/mol. The van der Waals surface area contributed by atoms with E-state index in [2.05, 4.69) is 28.3 Å². The van der Waals surface area contributed by atoms with E-state index in [0.717, 1.165) is 29.3 Å². The SMILES string of the molecule is CCc1cc(NCc2ccc(C#N)cc2)nc(C)n1. The van der Waals surface area contributed by atoms with Crippen LogP contribution in [0.4, 0.5) is 5.82 Å². The van der Waals surface area contributed by atoms with Crippen molar-refractivity contribution in [2.45, 2.75) is 26.8 Å². The van der Waals surface area contributed by atoms with E-state index in [1.54, 1.807) is 0 Å². The number of hydrogen-bond donors (Lipinski definition) is 1. The Morgan fingerprint density at radius 1 is 1.21 bits per heavy atom. The van der Waals surface area contributed by atoms with Crippen molar-refractivity contribution in [2.75, 3.05) is 5.32 Å². The first-order valence-corrected chi connectivity index (χ1v) is 6.28. The number of anilines is 1. The van der Waals surface area contributed by atoms with Crippen LogP contribution in [0.5, 0.6) is 0 Å². The number of nitrogens with zero attached hydrogens (tertiary/aromatic N) is 3. The Morgan fingerprint density at radius 2 is 1.95 bits per heavy atom. The van der Waals surface area contributed by atoms with Crippen molar-refractivity contribution in [1.82, 2.24) is 9.97 Å². The Morgan fingerprint density at radius 3 is 2.58 bits per heavy atom. The van der Waals surface area contributed by atoms with E-state index in [-0.39, 0.29) is 0 Å². The van der Waals surface area contributed by atoms with Crippen molar-refractivity contribution in [3.8, 4) is 6.07 Å². The van der Waals surface area contributed by atoms with Gasteiger partial charge in [-0.25, -0.2) is 9.97 Å². The fourth-order valence-electron chi connectivity index (χ4n) is 1.79. The number of aryl methyl sites for hydroxylation is 2. The summed E-state index contributed by atoms with van der Waals surface area (Å²) in [6.45, 7) is 4.66. The van der Waals surface area contributed by atoms with Gasteiger partial charge in [0.05, 0.1) is 11.6 Å². The Kier molecular flexibility index (Phi) is 4.09. The first-order chi connectivity index (χ1) is 9.21. The summed E-state index contributed by atoms with van der Waals surface area (Å²) in [5, 5.41) is 12.0. The predicted octanol–water partition coefficient (Wildman–Crippen LogP) is 2.83. The standard InChI is InChI=1S/C15H16N4/c1-3-14-8-15(19-11(2)18-14)17-10-13-6-4-12(9-16)5-7-13/h4-8H,3,10H2,1-2H3,(H,17,18,19).